The molecule has 1 aliphatic heterocycles. The summed E-state index contributed by atoms with van der Waals surface area (Å²) in [6.07, 6.45) is 2.00. The second-order valence-electron chi connectivity index (χ2n) is 7.31. The fraction of sp³-hybridized carbons (Fsp3) is 0.688. The SMILES string of the molecule is Cn1cc(CN2CCN(Cc3nc(C(C)(C)C)cs3)CC2)nn1. The van der Waals surface area contributed by atoms with E-state index in [-0.39, 0.29) is 5.41 Å². The molecular weight excluding hydrogens is 308 g/mol. The van der Waals surface area contributed by atoms with E-state index in [1.165, 1.54) is 10.7 Å². The molecule has 0 amide bonds. The van der Waals surface area contributed by atoms with Crippen LogP contribution in [-0.2, 0) is 25.6 Å². The van der Waals surface area contributed by atoms with Crippen LogP contribution in [0.1, 0.15) is 37.2 Å². The van der Waals surface area contributed by atoms with Gasteiger partial charge < -0.3 is 0 Å². The number of piperazine rings is 1. The van der Waals surface area contributed by atoms with E-state index in [4.69, 9.17) is 4.98 Å². The van der Waals surface area contributed by atoms with Gasteiger partial charge in [-0.05, 0) is 0 Å². The van der Waals surface area contributed by atoms with E-state index in [1.54, 1.807) is 16.0 Å². The molecule has 0 radical (unpaired) electrons. The molecule has 1 saturated heterocycles. The number of aromatic nitrogens is 4. The third-order valence-corrected chi connectivity index (χ3v) is 5.01. The third-order valence-electron chi connectivity index (χ3n) is 4.18. The molecule has 0 atom stereocenters. The van der Waals surface area contributed by atoms with Crippen LogP contribution < -0.4 is 0 Å². The van der Waals surface area contributed by atoms with Crippen LogP contribution in [0.2, 0.25) is 0 Å². The molecule has 6 nitrogen and oxygen atoms in total. The molecule has 7 heteroatoms. The van der Waals surface area contributed by atoms with Crippen LogP contribution in [0.15, 0.2) is 11.6 Å². The maximum atomic E-state index is 4.81. The van der Waals surface area contributed by atoms with Crippen molar-refractivity contribution >= 4 is 11.3 Å². The minimum atomic E-state index is 0.143. The molecule has 126 valence electrons. The number of nitrogens with zero attached hydrogens (tertiary/aromatic N) is 6. The minimum absolute atomic E-state index is 0.143. The first-order valence-corrected chi connectivity index (χ1v) is 9.03. The van der Waals surface area contributed by atoms with Crippen molar-refractivity contribution in [1.82, 2.24) is 29.8 Å². The van der Waals surface area contributed by atoms with Crippen molar-refractivity contribution in [3.05, 3.63) is 28.0 Å². The molecule has 0 unspecified atom stereocenters. The zero-order valence-electron chi connectivity index (χ0n) is 14.5. The van der Waals surface area contributed by atoms with Crippen LogP contribution in [0.25, 0.3) is 0 Å². The molecular formula is C16H26N6S. The Hall–Kier alpha value is -1.31. The lowest BCUT2D eigenvalue weighted by Crippen LogP contribution is -2.45. The van der Waals surface area contributed by atoms with E-state index in [1.807, 2.05) is 13.2 Å². The monoisotopic (exact) mass is 334 g/mol. The molecule has 2 aromatic heterocycles. The van der Waals surface area contributed by atoms with Gasteiger partial charge in [0.15, 0.2) is 0 Å². The predicted octanol–water partition coefficient (Wildman–Crippen LogP) is 1.89. The molecule has 0 saturated carbocycles. The molecule has 3 heterocycles. The van der Waals surface area contributed by atoms with E-state index in [0.717, 1.165) is 45.0 Å². The lowest BCUT2D eigenvalue weighted by molar-refractivity contribution is 0.121. The van der Waals surface area contributed by atoms with E-state index < -0.39 is 0 Å². The van der Waals surface area contributed by atoms with Gasteiger partial charge in [0, 0.05) is 56.8 Å². The molecule has 0 N–H and O–H groups in total. The smallest absolute Gasteiger partial charge is 0.107 e. The Balaban J connectivity index is 1.48. The van der Waals surface area contributed by atoms with E-state index in [2.05, 4.69) is 46.3 Å². The zero-order valence-corrected chi connectivity index (χ0v) is 15.3. The molecule has 1 aliphatic rings. The quantitative estimate of drug-likeness (QED) is 0.854. The summed E-state index contributed by atoms with van der Waals surface area (Å²) in [5.74, 6) is 0. The van der Waals surface area contributed by atoms with E-state index in [9.17, 15) is 0 Å². The van der Waals surface area contributed by atoms with E-state index in [0.29, 0.717) is 0 Å². The summed E-state index contributed by atoms with van der Waals surface area (Å²) in [6.45, 7) is 12.9. The standard InChI is InChI=1S/C16H26N6S/c1-16(2,3)14-12-23-15(17-14)11-22-7-5-21(6-8-22)10-13-9-20(4)19-18-13/h9,12H,5-8,10-11H2,1-4H3. The highest BCUT2D eigenvalue weighted by Gasteiger charge is 2.21. The van der Waals surface area contributed by atoms with Crippen LogP contribution in [0.5, 0.6) is 0 Å². The Morgan fingerprint density at radius 1 is 1.09 bits per heavy atom. The fourth-order valence-corrected chi connectivity index (χ4v) is 3.78. The highest BCUT2D eigenvalue weighted by Crippen LogP contribution is 2.24. The van der Waals surface area contributed by atoms with Gasteiger partial charge in [-0.15, -0.1) is 16.4 Å². The van der Waals surface area contributed by atoms with Crippen molar-refractivity contribution in [2.24, 2.45) is 7.05 Å². The average Bonchev–Trinajstić information content (AvgIpc) is 3.10. The number of hydrogen-bond acceptors (Lipinski definition) is 6. The summed E-state index contributed by atoms with van der Waals surface area (Å²) in [6, 6.07) is 0. The zero-order chi connectivity index (χ0) is 16.4. The Morgan fingerprint density at radius 3 is 2.26 bits per heavy atom. The van der Waals surface area contributed by atoms with Crippen molar-refractivity contribution in [2.45, 2.75) is 39.3 Å². The Bertz CT molecular complexity index is 633. The summed E-state index contributed by atoms with van der Waals surface area (Å²) in [4.78, 5) is 9.75. The van der Waals surface area contributed by atoms with Gasteiger partial charge in [0.2, 0.25) is 0 Å². The molecule has 3 rings (SSSR count). The summed E-state index contributed by atoms with van der Waals surface area (Å²) < 4.78 is 1.76. The Kier molecular flexibility index (Phi) is 4.79. The summed E-state index contributed by atoms with van der Waals surface area (Å²) >= 11 is 1.79. The van der Waals surface area contributed by atoms with Gasteiger partial charge in [-0.1, -0.05) is 26.0 Å². The number of hydrogen-bond donors (Lipinski definition) is 0. The predicted molar refractivity (Wildman–Crippen MR) is 92.4 cm³/mol. The number of thiazole rings is 1. The molecule has 2 aromatic rings. The summed E-state index contributed by atoms with van der Waals surface area (Å²) in [5.41, 5.74) is 2.40. The first kappa shape index (κ1) is 16.5. The van der Waals surface area contributed by atoms with Crippen LogP contribution in [0.4, 0.5) is 0 Å². The van der Waals surface area contributed by atoms with E-state index >= 15 is 0 Å². The highest BCUT2D eigenvalue weighted by molar-refractivity contribution is 7.09. The first-order chi connectivity index (χ1) is 10.9. The van der Waals surface area contributed by atoms with Crippen molar-refractivity contribution < 1.29 is 0 Å². The van der Waals surface area contributed by atoms with Crippen molar-refractivity contribution in [3.8, 4) is 0 Å². The topological polar surface area (TPSA) is 50.1 Å². The van der Waals surface area contributed by atoms with Crippen LogP contribution >= 0.6 is 11.3 Å². The van der Waals surface area contributed by atoms with Gasteiger partial charge in [-0.3, -0.25) is 14.5 Å². The van der Waals surface area contributed by atoms with Crippen LogP contribution in [0.3, 0.4) is 0 Å². The van der Waals surface area contributed by atoms with Gasteiger partial charge in [-0.25, -0.2) is 4.98 Å². The second kappa shape index (κ2) is 6.67. The van der Waals surface area contributed by atoms with Gasteiger partial charge in [-0.2, -0.15) is 0 Å². The molecule has 23 heavy (non-hydrogen) atoms. The van der Waals surface area contributed by atoms with Gasteiger partial charge >= 0.3 is 0 Å². The summed E-state index contributed by atoms with van der Waals surface area (Å²) in [5, 5.41) is 11.6. The third kappa shape index (κ3) is 4.37. The van der Waals surface area contributed by atoms with Crippen LogP contribution in [0, 0.1) is 0 Å². The Morgan fingerprint density at radius 2 is 1.74 bits per heavy atom. The molecule has 0 bridgehead atoms. The largest absolute Gasteiger partial charge is 0.295 e. The van der Waals surface area contributed by atoms with Crippen molar-refractivity contribution in [2.75, 3.05) is 26.2 Å². The maximum absolute atomic E-state index is 4.81. The van der Waals surface area contributed by atoms with Gasteiger partial charge in [0.1, 0.15) is 5.01 Å². The average molecular weight is 334 g/mol. The van der Waals surface area contributed by atoms with Gasteiger partial charge in [0.05, 0.1) is 17.9 Å². The van der Waals surface area contributed by atoms with Crippen LogP contribution in [-0.4, -0.2) is 56.0 Å². The minimum Gasteiger partial charge on any atom is -0.295 e. The first-order valence-electron chi connectivity index (χ1n) is 8.15. The summed E-state index contributed by atoms with van der Waals surface area (Å²) in [7, 11) is 1.91. The maximum Gasteiger partial charge on any atom is 0.107 e. The second-order valence-corrected chi connectivity index (χ2v) is 8.25. The van der Waals surface area contributed by atoms with Crippen molar-refractivity contribution in [3.63, 3.8) is 0 Å². The molecule has 0 aliphatic carbocycles. The molecule has 1 fully saturated rings. The molecule has 0 spiro atoms. The normalized spacial score (nSPS) is 17.7. The number of aryl methyl sites for hydroxylation is 1. The lowest BCUT2D eigenvalue weighted by Gasteiger charge is -2.33. The van der Waals surface area contributed by atoms with Crippen molar-refractivity contribution in [1.29, 1.82) is 0 Å². The Labute approximate surface area is 142 Å². The highest BCUT2D eigenvalue weighted by atomic mass is 32.1. The van der Waals surface area contributed by atoms with Gasteiger partial charge in [0.25, 0.3) is 0 Å². The fourth-order valence-electron chi connectivity index (χ4n) is 2.72. The molecule has 0 aromatic carbocycles. The lowest BCUT2D eigenvalue weighted by atomic mass is 9.93. The number of rotatable bonds is 4.